The molecule has 0 saturated carbocycles. The summed E-state index contributed by atoms with van der Waals surface area (Å²) in [4.78, 5) is 11.7. The zero-order valence-corrected chi connectivity index (χ0v) is 11.7. The molecule has 1 rings (SSSR count). The summed E-state index contributed by atoms with van der Waals surface area (Å²) < 4.78 is 5.61. The molecule has 1 atom stereocenters. The summed E-state index contributed by atoms with van der Waals surface area (Å²) in [5, 5.41) is 5.94. The van der Waals surface area contributed by atoms with E-state index < -0.39 is 0 Å². The minimum atomic E-state index is -0.162. The van der Waals surface area contributed by atoms with Crippen molar-refractivity contribution in [3.63, 3.8) is 0 Å². The lowest BCUT2D eigenvalue weighted by Crippen LogP contribution is -2.43. The molecule has 0 aliphatic heterocycles. The van der Waals surface area contributed by atoms with E-state index in [9.17, 15) is 4.79 Å². The van der Waals surface area contributed by atoms with E-state index in [2.05, 4.69) is 31.4 Å². The Kier molecular flexibility index (Phi) is 5.92. The Morgan fingerprint density at radius 1 is 1.33 bits per heavy atom. The molecule has 4 heteroatoms. The van der Waals surface area contributed by atoms with Gasteiger partial charge in [-0.25, -0.2) is 0 Å². The van der Waals surface area contributed by atoms with E-state index in [1.54, 1.807) is 7.05 Å². The fourth-order valence-electron chi connectivity index (χ4n) is 1.86. The predicted octanol–water partition coefficient (Wildman–Crippen LogP) is 2.09. The third-order valence-corrected chi connectivity index (χ3v) is 2.86. The molecule has 0 aliphatic rings. The van der Waals surface area contributed by atoms with Crippen molar-refractivity contribution in [1.29, 1.82) is 0 Å². The highest BCUT2D eigenvalue weighted by molar-refractivity contribution is 5.81. The number of hydrogen-bond donors (Lipinski definition) is 2. The van der Waals surface area contributed by atoms with Gasteiger partial charge < -0.3 is 9.73 Å². The van der Waals surface area contributed by atoms with Gasteiger partial charge in [-0.2, -0.15) is 0 Å². The van der Waals surface area contributed by atoms with Gasteiger partial charge >= 0.3 is 0 Å². The van der Waals surface area contributed by atoms with Crippen LogP contribution in [0.15, 0.2) is 16.5 Å². The lowest BCUT2D eigenvalue weighted by atomic mass is 10.0. The van der Waals surface area contributed by atoms with Crippen LogP contribution in [0.3, 0.4) is 0 Å². The third kappa shape index (κ3) is 4.53. The summed E-state index contributed by atoms with van der Waals surface area (Å²) in [6, 6.07) is 3.78. The number of nitrogens with one attached hydrogen (secondary N) is 2. The molecular formula is C14H24N2O2. The Morgan fingerprint density at radius 3 is 2.50 bits per heavy atom. The molecule has 0 aromatic carbocycles. The van der Waals surface area contributed by atoms with Gasteiger partial charge in [-0.1, -0.05) is 20.8 Å². The van der Waals surface area contributed by atoms with Crippen molar-refractivity contribution in [3.05, 3.63) is 23.7 Å². The van der Waals surface area contributed by atoms with Crippen molar-refractivity contribution in [1.82, 2.24) is 10.6 Å². The average molecular weight is 252 g/mol. The molecule has 0 radical (unpaired) electrons. The van der Waals surface area contributed by atoms with Crippen LogP contribution in [0, 0.1) is 5.92 Å². The highest BCUT2D eigenvalue weighted by Gasteiger charge is 2.18. The van der Waals surface area contributed by atoms with Crippen LogP contribution in [0.2, 0.25) is 0 Å². The predicted molar refractivity (Wildman–Crippen MR) is 72.2 cm³/mol. The van der Waals surface area contributed by atoms with E-state index in [1.165, 1.54) is 0 Å². The largest absolute Gasteiger partial charge is 0.465 e. The first-order chi connectivity index (χ1) is 8.56. The maximum Gasteiger partial charge on any atom is 0.236 e. The molecule has 1 unspecified atom stereocenters. The fourth-order valence-corrected chi connectivity index (χ4v) is 1.86. The van der Waals surface area contributed by atoms with Gasteiger partial charge in [0.05, 0.1) is 12.6 Å². The van der Waals surface area contributed by atoms with Gasteiger partial charge in [0, 0.05) is 13.5 Å². The first kappa shape index (κ1) is 14.8. The van der Waals surface area contributed by atoms with Crippen LogP contribution in [0.5, 0.6) is 0 Å². The fraction of sp³-hybridized carbons (Fsp3) is 0.643. The van der Waals surface area contributed by atoms with Crippen molar-refractivity contribution in [2.45, 2.75) is 46.2 Å². The normalized spacial score (nSPS) is 12.7. The first-order valence-corrected chi connectivity index (χ1v) is 6.59. The molecule has 0 spiro atoms. The maximum atomic E-state index is 11.7. The molecule has 1 amide bonds. The second kappa shape index (κ2) is 7.21. The molecule has 4 nitrogen and oxygen atoms in total. The molecule has 2 N–H and O–H groups in total. The Morgan fingerprint density at radius 2 is 2.00 bits per heavy atom. The first-order valence-electron chi connectivity index (χ1n) is 6.59. The monoisotopic (exact) mass is 252 g/mol. The topological polar surface area (TPSA) is 54.3 Å². The molecule has 0 saturated heterocycles. The van der Waals surface area contributed by atoms with Crippen molar-refractivity contribution < 1.29 is 9.21 Å². The summed E-state index contributed by atoms with van der Waals surface area (Å²) in [7, 11) is 1.67. The SMILES string of the molecule is CCc1ccc(CNC(CC(C)C)C(=O)NC)o1. The van der Waals surface area contributed by atoms with E-state index in [-0.39, 0.29) is 11.9 Å². The van der Waals surface area contributed by atoms with Gasteiger partial charge in [0.2, 0.25) is 5.91 Å². The van der Waals surface area contributed by atoms with E-state index in [1.807, 2.05) is 12.1 Å². The van der Waals surface area contributed by atoms with Gasteiger partial charge in [-0.15, -0.1) is 0 Å². The molecule has 1 aromatic heterocycles. The smallest absolute Gasteiger partial charge is 0.236 e. The quantitative estimate of drug-likeness (QED) is 0.781. The summed E-state index contributed by atoms with van der Waals surface area (Å²) in [6.07, 6.45) is 1.71. The van der Waals surface area contributed by atoms with Crippen LogP contribution < -0.4 is 10.6 Å². The zero-order valence-electron chi connectivity index (χ0n) is 11.7. The highest BCUT2D eigenvalue weighted by Crippen LogP contribution is 2.10. The molecule has 1 aromatic rings. The second-order valence-corrected chi connectivity index (χ2v) is 4.90. The summed E-state index contributed by atoms with van der Waals surface area (Å²) in [5.41, 5.74) is 0. The summed E-state index contributed by atoms with van der Waals surface area (Å²) in [6.45, 7) is 6.87. The molecule has 102 valence electrons. The number of furan rings is 1. The lowest BCUT2D eigenvalue weighted by Gasteiger charge is -2.18. The van der Waals surface area contributed by atoms with Gasteiger partial charge in [0.25, 0.3) is 0 Å². The number of carbonyl (C=O) groups excluding carboxylic acids is 1. The van der Waals surface area contributed by atoms with E-state index in [0.29, 0.717) is 12.5 Å². The lowest BCUT2D eigenvalue weighted by molar-refractivity contribution is -0.123. The average Bonchev–Trinajstić information content (AvgIpc) is 2.81. The van der Waals surface area contributed by atoms with E-state index in [0.717, 1.165) is 24.4 Å². The van der Waals surface area contributed by atoms with E-state index >= 15 is 0 Å². The molecule has 0 fully saturated rings. The van der Waals surface area contributed by atoms with Gasteiger partial charge in [0.1, 0.15) is 11.5 Å². The van der Waals surface area contributed by atoms with Crippen LogP contribution >= 0.6 is 0 Å². The molecule has 0 aliphatic carbocycles. The maximum absolute atomic E-state index is 11.7. The summed E-state index contributed by atoms with van der Waals surface area (Å²) in [5.74, 6) is 2.37. The minimum absolute atomic E-state index is 0.0333. The molecule has 1 heterocycles. The van der Waals surface area contributed by atoms with Gasteiger partial charge in [-0.05, 0) is 24.5 Å². The Hall–Kier alpha value is -1.29. The van der Waals surface area contributed by atoms with Crippen LogP contribution in [0.1, 0.15) is 38.7 Å². The standard InChI is InChI=1S/C14H24N2O2/c1-5-11-6-7-12(18-11)9-16-13(8-10(2)3)14(17)15-4/h6-7,10,13,16H,5,8-9H2,1-4H3,(H,15,17). The van der Waals surface area contributed by atoms with Crippen molar-refractivity contribution in [2.24, 2.45) is 5.92 Å². The molecular weight excluding hydrogens is 228 g/mol. The number of amides is 1. The minimum Gasteiger partial charge on any atom is -0.465 e. The van der Waals surface area contributed by atoms with Crippen molar-refractivity contribution >= 4 is 5.91 Å². The Labute approximate surface area is 109 Å². The molecule has 18 heavy (non-hydrogen) atoms. The van der Waals surface area contributed by atoms with Gasteiger partial charge in [0.15, 0.2) is 0 Å². The number of likely N-dealkylation sites (N-methyl/N-ethyl adjacent to an activating group) is 1. The van der Waals surface area contributed by atoms with E-state index in [4.69, 9.17) is 4.42 Å². The van der Waals surface area contributed by atoms with Crippen molar-refractivity contribution in [2.75, 3.05) is 7.05 Å². The number of aryl methyl sites for hydroxylation is 1. The molecule has 0 bridgehead atoms. The highest BCUT2D eigenvalue weighted by atomic mass is 16.3. The van der Waals surface area contributed by atoms with Crippen LogP contribution in [0.25, 0.3) is 0 Å². The zero-order chi connectivity index (χ0) is 13.5. The Bertz CT molecular complexity index is 372. The Balaban J connectivity index is 2.52. The number of rotatable bonds is 7. The van der Waals surface area contributed by atoms with Gasteiger partial charge in [-0.3, -0.25) is 10.1 Å². The van der Waals surface area contributed by atoms with Crippen LogP contribution in [0.4, 0.5) is 0 Å². The second-order valence-electron chi connectivity index (χ2n) is 4.90. The number of carbonyl (C=O) groups is 1. The third-order valence-electron chi connectivity index (χ3n) is 2.86. The number of hydrogen-bond acceptors (Lipinski definition) is 3. The van der Waals surface area contributed by atoms with Crippen LogP contribution in [-0.4, -0.2) is 19.0 Å². The summed E-state index contributed by atoms with van der Waals surface area (Å²) >= 11 is 0. The van der Waals surface area contributed by atoms with Crippen LogP contribution in [-0.2, 0) is 17.8 Å². The van der Waals surface area contributed by atoms with Crippen molar-refractivity contribution in [3.8, 4) is 0 Å².